The van der Waals surface area contributed by atoms with Gasteiger partial charge in [0.25, 0.3) is 0 Å². The van der Waals surface area contributed by atoms with Crippen LogP contribution >= 0.6 is 0 Å². The molecule has 0 fully saturated rings. The first-order chi connectivity index (χ1) is 6.60. The smallest absolute Gasteiger partial charge is 0.303 e. The molecule has 0 aromatic rings. The predicted molar refractivity (Wildman–Crippen MR) is 59.2 cm³/mol. The number of allylic oxidation sites excluding steroid dienone is 1. The van der Waals surface area contributed by atoms with Crippen molar-refractivity contribution in [3.63, 3.8) is 0 Å². The van der Waals surface area contributed by atoms with Crippen molar-refractivity contribution in [3.8, 4) is 0 Å². The molecule has 0 saturated carbocycles. The molecule has 0 bridgehead atoms. The first-order valence-electron chi connectivity index (χ1n) is 5.42. The summed E-state index contributed by atoms with van der Waals surface area (Å²) in [6.45, 7) is 7.95. The maximum Gasteiger partial charge on any atom is 0.303 e. The first-order valence-corrected chi connectivity index (χ1v) is 5.42. The maximum absolute atomic E-state index is 10.5. The summed E-state index contributed by atoms with van der Waals surface area (Å²) in [4.78, 5) is 10.5. The van der Waals surface area contributed by atoms with Crippen LogP contribution in [0.4, 0.5) is 0 Å². The Balaban J connectivity index is 3.71. The summed E-state index contributed by atoms with van der Waals surface area (Å²) >= 11 is 0. The highest BCUT2D eigenvalue weighted by Crippen LogP contribution is 2.20. The van der Waals surface area contributed by atoms with E-state index in [0.29, 0.717) is 18.3 Å². The average Bonchev–Trinajstić information content (AvgIpc) is 2.12. The molecule has 0 saturated heterocycles. The van der Waals surface area contributed by atoms with Gasteiger partial charge in [-0.05, 0) is 24.7 Å². The van der Waals surface area contributed by atoms with Crippen LogP contribution in [0.5, 0.6) is 0 Å². The summed E-state index contributed by atoms with van der Waals surface area (Å²) in [6.07, 6.45) is 6.38. The lowest BCUT2D eigenvalue weighted by Crippen LogP contribution is -2.08. The molecule has 0 radical (unpaired) electrons. The van der Waals surface area contributed by atoms with Crippen LogP contribution in [-0.4, -0.2) is 11.1 Å². The van der Waals surface area contributed by atoms with Crippen LogP contribution in [0.3, 0.4) is 0 Å². The van der Waals surface area contributed by atoms with Crippen molar-refractivity contribution in [2.24, 2.45) is 11.8 Å². The molecule has 0 aromatic heterocycles. The van der Waals surface area contributed by atoms with Crippen LogP contribution in [-0.2, 0) is 4.79 Å². The summed E-state index contributed by atoms with van der Waals surface area (Å²) in [6, 6.07) is 0. The van der Waals surface area contributed by atoms with E-state index in [2.05, 4.69) is 20.4 Å². The van der Waals surface area contributed by atoms with Crippen LogP contribution in [0, 0.1) is 11.8 Å². The van der Waals surface area contributed by atoms with Crippen molar-refractivity contribution in [2.75, 3.05) is 0 Å². The lowest BCUT2D eigenvalue weighted by molar-refractivity contribution is -0.138. The molecule has 0 aliphatic rings. The topological polar surface area (TPSA) is 37.3 Å². The van der Waals surface area contributed by atoms with Gasteiger partial charge < -0.3 is 5.11 Å². The van der Waals surface area contributed by atoms with Crippen LogP contribution in [0.1, 0.15) is 46.0 Å². The standard InChI is InChI=1S/C12H22O2/c1-4-6-10(3)7-8-11(5-2)9-12(13)14/h4,10-11H,1,5-9H2,2-3H3,(H,13,14). The highest BCUT2D eigenvalue weighted by Gasteiger charge is 2.12. The molecule has 0 spiro atoms. The van der Waals surface area contributed by atoms with E-state index >= 15 is 0 Å². The second kappa shape index (κ2) is 7.60. The van der Waals surface area contributed by atoms with E-state index in [1.165, 1.54) is 0 Å². The third-order valence-electron chi connectivity index (χ3n) is 2.68. The van der Waals surface area contributed by atoms with Gasteiger partial charge in [0.1, 0.15) is 0 Å². The van der Waals surface area contributed by atoms with Crippen molar-refractivity contribution in [2.45, 2.75) is 46.0 Å². The Morgan fingerprint density at radius 3 is 2.57 bits per heavy atom. The zero-order valence-corrected chi connectivity index (χ0v) is 9.33. The molecule has 0 rings (SSSR count). The minimum atomic E-state index is -0.673. The van der Waals surface area contributed by atoms with Gasteiger partial charge in [0, 0.05) is 6.42 Å². The number of hydrogen-bond acceptors (Lipinski definition) is 1. The molecule has 0 heterocycles. The van der Waals surface area contributed by atoms with Gasteiger partial charge in [-0.1, -0.05) is 32.8 Å². The van der Waals surface area contributed by atoms with E-state index in [-0.39, 0.29) is 0 Å². The molecular formula is C12H22O2. The summed E-state index contributed by atoms with van der Waals surface area (Å²) in [7, 11) is 0. The maximum atomic E-state index is 10.5. The Hall–Kier alpha value is -0.790. The molecule has 14 heavy (non-hydrogen) atoms. The number of carbonyl (C=O) groups is 1. The Kier molecular flexibility index (Phi) is 7.17. The van der Waals surface area contributed by atoms with Gasteiger partial charge in [0.2, 0.25) is 0 Å². The molecule has 1 N–H and O–H groups in total. The molecule has 2 atom stereocenters. The number of rotatable bonds is 8. The fraction of sp³-hybridized carbons (Fsp3) is 0.750. The van der Waals surface area contributed by atoms with Crippen molar-refractivity contribution in [3.05, 3.63) is 12.7 Å². The fourth-order valence-electron chi connectivity index (χ4n) is 1.62. The number of carboxylic acids is 1. The van der Waals surface area contributed by atoms with Gasteiger partial charge >= 0.3 is 5.97 Å². The van der Waals surface area contributed by atoms with Gasteiger partial charge in [-0.2, -0.15) is 0 Å². The summed E-state index contributed by atoms with van der Waals surface area (Å²) < 4.78 is 0. The number of aliphatic carboxylic acids is 1. The van der Waals surface area contributed by atoms with Crippen LogP contribution in [0.15, 0.2) is 12.7 Å². The molecule has 0 aliphatic carbocycles. The lowest BCUT2D eigenvalue weighted by Gasteiger charge is -2.14. The van der Waals surface area contributed by atoms with Gasteiger partial charge in [-0.25, -0.2) is 0 Å². The van der Waals surface area contributed by atoms with Gasteiger partial charge in [0.05, 0.1) is 0 Å². The molecule has 2 unspecified atom stereocenters. The Morgan fingerprint density at radius 2 is 2.14 bits per heavy atom. The van der Waals surface area contributed by atoms with Crippen molar-refractivity contribution in [1.82, 2.24) is 0 Å². The summed E-state index contributed by atoms with van der Waals surface area (Å²) in [5.41, 5.74) is 0. The number of hydrogen-bond donors (Lipinski definition) is 1. The van der Waals surface area contributed by atoms with Crippen LogP contribution < -0.4 is 0 Å². The molecule has 0 amide bonds. The van der Waals surface area contributed by atoms with Gasteiger partial charge in [0.15, 0.2) is 0 Å². The Bertz CT molecular complexity index is 175. The van der Waals surface area contributed by atoms with E-state index in [9.17, 15) is 4.79 Å². The van der Waals surface area contributed by atoms with E-state index in [4.69, 9.17) is 5.11 Å². The molecular weight excluding hydrogens is 176 g/mol. The predicted octanol–water partition coefficient (Wildman–Crippen LogP) is 3.48. The quantitative estimate of drug-likeness (QED) is 0.606. The molecule has 0 aliphatic heterocycles. The van der Waals surface area contributed by atoms with Crippen LogP contribution in [0.2, 0.25) is 0 Å². The molecule has 82 valence electrons. The largest absolute Gasteiger partial charge is 0.481 e. The zero-order valence-electron chi connectivity index (χ0n) is 9.33. The summed E-state index contributed by atoms with van der Waals surface area (Å²) in [5.74, 6) is 0.309. The lowest BCUT2D eigenvalue weighted by atomic mass is 9.91. The molecule has 2 nitrogen and oxygen atoms in total. The second-order valence-corrected chi connectivity index (χ2v) is 4.08. The molecule has 2 heteroatoms. The van der Waals surface area contributed by atoms with Gasteiger partial charge in [-0.15, -0.1) is 6.58 Å². The SMILES string of the molecule is C=CCC(C)CCC(CC)CC(=O)O. The Labute approximate surface area is 87.0 Å². The molecule has 0 aromatic carbocycles. The Morgan fingerprint density at radius 1 is 1.50 bits per heavy atom. The number of carboxylic acid groups (broad SMARTS) is 1. The summed E-state index contributed by atoms with van der Waals surface area (Å²) in [5, 5.41) is 8.67. The minimum Gasteiger partial charge on any atom is -0.481 e. The minimum absolute atomic E-state index is 0.317. The normalized spacial score (nSPS) is 14.7. The highest BCUT2D eigenvalue weighted by molar-refractivity contribution is 5.66. The first kappa shape index (κ1) is 13.2. The van der Waals surface area contributed by atoms with Crippen molar-refractivity contribution in [1.29, 1.82) is 0 Å². The van der Waals surface area contributed by atoms with E-state index in [0.717, 1.165) is 25.7 Å². The van der Waals surface area contributed by atoms with E-state index in [1.807, 2.05) is 6.08 Å². The average molecular weight is 198 g/mol. The highest BCUT2D eigenvalue weighted by atomic mass is 16.4. The van der Waals surface area contributed by atoms with E-state index < -0.39 is 5.97 Å². The van der Waals surface area contributed by atoms with Crippen LogP contribution in [0.25, 0.3) is 0 Å². The van der Waals surface area contributed by atoms with Gasteiger partial charge in [-0.3, -0.25) is 4.79 Å². The third kappa shape index (κ3) is 6.70. The fourth-order valence-corrected chi connectivity index (χ4v) is 1.62. The second-order valence-electron chi connectivity index (χ2n) is 4.08. The van der Waals surface area contributed by atoms with Crippen molar-refractivity contribution < 1.29 is 9.90 Å². The third-order valence-corrected chi connectivity index (χ3v) is 2.68. The zero-order chi connectivity index (χ0) is 11.0. The monoisotopic (exact) mass is 198 g/mol. The van der Waals surface area contributed by atoms with Crippen molar-refractivity contribution >= 4 is 5.97 Å². The van der Waals surface area contributed by atoms with E-state index in [1.54, 1.807) is 0 Å².